The van der Waals surface area contributed by atoms with E-state index in [1.54, 1.807) is 18.7 Å². The number of nitrogen functional groups attached to an aromatic ring is 1. The molecule has 1 fully saturated rings. The highest BCUT2D eigenvalue weighted by Gasteiger charge is 2.42. The van der Waals surface area contributed by atoms with Crippen LogP contribution in [-0.4, -0.2) is 40.5 Å². The van der Waals surface area contributed by atoms with Gasteiger partial charge in [0.1, 0.15) is 17.6 Å². The summed E-state index contributed by atoms with van der Waals surface area (Å²) < 4.78 is 5.30. The van der Waals surface area contributed by atoms with Crippen LogP contribution in [0.4, 0.5) is 11.5 Å². The summed E-state index contributed by atoms with van der Waals surface area (Å²) in [5, 5.41) is 2.29. The average molecular weight is 279 g/mol. The third-order valence-electron chi connectivity index (χ3n) is 3.15. The van der Waals surface area contributed by atoms with Crippen LogP contribution in [0.25, 0.3) is 0 Å². The molecule has 20 heavy (non-hydrogen) atoms. The first kappa shape index (κ1) is 14.0. The predicted molar refractivity (Wildman–Crippen MR) is 72.2 cm³/mol. The van der Waals surface area contributed by atoms with Gasteiger partial charge in [-0.25, -0.2) is 4.98 Å². The van der Waals surface area contributed by atoms with Crippen LogP contribution >= 0.6 is 0 Å². The van der Waals surface area contributed by atoms with E-state index in [4.69, 9.17) is 10.5 Å². The number of piperazine rings is 1. The molecule has 0 spiro atoms. The lowest BCUT2D eigenvalue weighted by atomic mass is 9.98. The van der Waals surface area contributed by atoms with Crippen LogP contribution < -0.4 is 20.7 Å². The molecule has 0 radical (unpaired) electrons. The van der Waals surface area contributed by atoms with Gasteiger partial charge in [-0.05, 0) is 20.8 Å². The van der Waals surface area contributed by atoms with Gasteiger partial charge in [0.25, 0.3) is 5.91 Å². The molecule has 1 aliphatic heterocycles. The first-order chi connectivity index (χ1) is 9.37. The normalized spacial score (nSPS) is 17.9. The highest BCUT2D eigenvalue weighted by atomic mass is 16.5. The Hall–Kier alpha value is -2.38. The van der Waals surface area contributed by atoms with Crippen molar-refractivity contribution in [2.45, 2.75) is 26.3 Å². The minimum absolute atomic E-state index is 0.00841. The zero-order valence-corrected chi connectivity index (χ0v) is 11.6. The van der Waals surface area contributed by atoms with Crippen LogP contribution in [0.5, 0.6) is 5.88 Å². The lowest BCUT2D eigenvalue weighted by Crippen LogP contribution is -2.64. The topological polar surface area (TPSA) is 110 Å². The van der Waals surface area contributed by atoms with E-state index >= 15 is 0 Å². The summed E-state index contributed by atoms with van der Waals surface area (Å²) in [6.45, 7) is 5.59. The van der Waals surface area contributed by atoms with Gasteiger partial charge in [-0.15, -0.1) is 0 Å². The summed E-state index contributed by atoms with van der Waals surface area (Å²) in [4.78, 5) is 33.1. The van der Waals surface area contributed by atoms with Crippen LogP contribution in [0.2, 0.25) is 0 Å². The van der Waals surface area contributed by atoms with Crippen LogP contribution in [0, 0.1) is 0 Å². The van der Waals surface area contributed by atoms with Crippen molar-refractivity contribution in [3.05, 3.63) is 6.33 Å². The Morgan fingerprint density at radius 1 is 1.45 bits per heavy atom. The van der Waals surface area contributed by atoms with Gasteiger partial charge in [0.05, 0.1) is 13.2 Å². The number of nitrogens with one attached hydrogen (secondary N) is 1. The lowest BCUT2D eigenvalue weighted by Gasteiger charge is -2.41. The summed E-state index contributed by atoms with van der Waals surface area (Å²) in [7, 11) is 0. The molecule has 0 aromatic carbocycles. The molecule has 108 valence electrons. The summed E-state index contributed by atoms with van der Waals surface area (Å²) in [6, 6.07) is 0. The molecule has 2 rings (SSSR count). The number of ether oxygens (including phenoxy) is 1. The molecule has 0 aliphatic carbocycles. The van der Waals surface area contributed by atoms with E-state index in [9.17, 15) is 9.59 Å². The highest BCUT2D eigenvalue weighted by molar-refractivity contribution is 6.07. The van der Waals surface area contributed by atoms with E-state index in [1.165, 1.54) is 6.33 Å². The van der Waals surface area contributed by atoms with Crippen LogP contribution in [-0.2, 0) is 9.59 Å². The third kappa shape index (κ3) is 2.24. The van der Waals surface area contributed by atoms with E-state index < -0.39 is 17.4 Å². The Balaban J connectivity index is 2.46. The van der Waals surface area contributed by atoms with Gasteiger partial charge >= 0.3 is 0 Å². The Bertz CT molecular complexity index is 558. The second-order valence-corrected chi connectivity index (χ2v) is 4.87. The fourth-order valence-electron chi connectivity index (χ4n) is 1.96. The first-order valence-corrected chi connectivity index (χ1v) is 6.23. The number of aromatic nitrogens is 2. The molecule has 2 amide bonds. The molecule has 2 heterocycles. The first-order valence-electron chi connectivity index (χ1n) is 6.23. The summed E-state index contributed by atoms with van der Waals surface area (Å²) >= 11 is 0. The number of imide groups is 1. The number of amides is 2. The van der Waals surface area contributed by atoms with Gasteiger partial charge in [0.15, 0.2) is 5.82 Å². The molecule has 0 unspecified atom stereocenters. The summed E-state index contributed by atoms with van der Waals surface area (Å²) in [5.41, 5.74) is 5.25. The SMILES string of the molecule is CCOc1ncnc(N2CC(=O)NC(=O)C2(C)C)c1N. The number of nitrogens with zero attached hydrogens (tertiary/aromatic N) is 3. The molecule has 8 nitrogen and oxygen atoms in total. The van der Waals surface area contributed by atoms with Crippen molar-refractivity contribution in [2.75, 3.05) is 23.8 Å². The Labute approximate surface area is 116 Å². The zero-order valence-electron chi connectivity index (χ0n) is 11.6. The molecule has 1 aromatic rings. The second kappa shape index (κ2) is 4.95. The second-order valence-electron chi connectivity index (χ2n) is 4.87. The molecule has 1 saturated heterocycles. The lowest BCUT2D eigenvalue weighted by molar-refractivity contribution is -0.135. The average Bonchev–Trinajstić information content (AvgIpc) is 2.37. The minimum Gasteiger partial charge on any atom is -0.476 e. The molecule has 0 saturated carbocycles. The third-order valence-corrected chi connectivity index (χ3v) is 3.15. The van der Waals surface area contributed by atoms with E-state index in [-0.39, 0.29) is 18.1 Å². The van der Waals surface area contributed by atoms with Crippen LogP contribution in [0.1, 0.15) is 20.8 Å². The number of hydrogen-bond donors (Lipinski definition) is 2. The molecule has 3 N–H and O–H groups in total. The maximum atomic E-state index is 11.9. The Kier molecular flexibility index (Phi) is 3.47. The zero-order chi connectivity index (χ0) is 14.9. The Morgan fingerprint density at radius 2 is 2.15 bits per heavy atom. The highest BCUT2D eigenvalue weighted by Crippen LogP contribution is 2.33. The van der Waals surface area contributed by atoms with Gasteiger partial charge < -0.3 is 15.4 Å². The fraction of sp³-hybridized carbons (Fsp3) is 0.500. The van der Waals surface area contributed by atoms with Crippen molar-refractivity contribution in [3.8, 4) is 5.88 Å². The monoisotopic (exact) mass is 279 g/mol. The molecule has 8 heteroatoms. The number of hydrogen-bond acceptors (Lipinski definition) is 7. The molecule has 1 aliphatic rings. The molecule has 1 aromatic heterocycles. The largest absolute Gasteiger partial charge is 0.476 e. The summed E-state index contributed by atoms with van der Waals surface area (Å²) in [6.07, 6.45) is 1.30. The van der Waals surface area contributed by atoms with Crippen LogP contribution in [0.15, 0.2) is 6.33 Å². The Morgan fingerprint density at radius 3 is 2.80 bits per heavy atom. The fourth-order valence-corrected chi connectivity index (χ4v) is 1.96. The quantitative estimate of drug-likeness (QED) is 0.731. The van der Waals surface area contributed by atoms with Gasteiger partial charge in [-0.1, -0.05) is 0 Å². The van der Waals surface area contributed by atoms with Crippen molar-refractivity contribution < 1.29 is 14.3 Å². The van der Waals surface area contributed by atoms with Crippen molar-refractivity contribution in [1.29, 1.82) is 0 Å². The maximum Gasteiger partial charge on any atom is 0.251 e. The van der Waals surface area contributed by atoms with E-state index in [1.807, 2.05) is 6.92 Å². The number of nitrogens with two attached hydrogens (primary N) is 1. The number of anilines is 2. The van der Waals surface area contributed by atoms with Gasteiger partial charge in [-0.3, -0.25) is 14.9 Å². The van der Waals surface area contributed by atoms with E-state index in [0.717, 1.165) is 0 Å². The van der Waals surface area contributed by atoms with E-state index in [0.29, 0.717) is 12.4 Å². The van der Waals surface area contributed by atoms with Crippen molar-refractivity contribution in [3.63, 3.8) is 0 Å². The number of carbonyl (C=O) groups excluding carboxylic acids is 2. The smallest absolute Gasteiger partial charge is 0.251 e. The maximum absolute atomic E-state index is 11.9. The number of rotatable bonds is 3. The molecular weight excluding hydrogens is 262 g/mol. The van der Waals surface area contributed by atoms with Crippen molar-refractivity contribution in [2.24, 2.45) is 0 Å². The molecule has 0 bridgehead atoms. The standard InChI is InChI=1S/C12H17N5O3/c1-4-20-10-8(13)9(14-6-15-10)17-5-7(18)16-11(19)12(17,2)3/h6H,4-5,13H2,1-3H3,(H,16,18,19). The van der Waals surface area contributed by atoms with Gasteiger partial charge in [-0.2, -0.15) is 4.98 Å². The molecule has 0 atom stereocenters. The van der Waals surface area contributed by atoms with Gasteiger partial charge in [0, 0.05) is 0 Å². The van der Waals surface area contributed by atoms with Crippen molar-refractivity contribution >= 4 is 23.3 Å². The van der Waals surface area contributed by atoms with Crippen molar-refractivity contribution in [1.82, 2.24) is 15.3 Å². The van der Waals surface area contributed by atoms with E-state index in [2.05, 4.69) is 15.3 Å². The van der Waals surface area contributed by atoms with Gasteiger partial charge in [0.2, 0.25) is 11.8 Å². The minimum atomic E-state index is -0.945. The summed E-state index contributed by atoms with van der Waals surface area (Å²) in [5.74, 6) is -0.238. The molecular formula is C12H17N5O3. The van der Waals surface area contributed by atoms with Crippen LogP contribution in [0.3, 0.4) is 0 Å². The number of carbonyl (C=O) groups is 2. The predicted octanol–water partition coefficient (Wildman–Crippen LogP) is -0.301.